The molecule has 2 aromatic carbocycles. The number of hydrogen-bond donors (Lipinski definition) is 2. The summed E-state index contributed by atoms with van der Waals surface area (Å²) in [5.74, 6) is -56.3. The number of nitrogens with one attached hydrogen (secondary N) is 1. The maximum absolute atomic E-state index is 15.2. The predicted molar refractivity (Wildman–Crippen MR) is 316 cm³/mol. The topological polar surface area (TPSA) is 131 Å². The number of fused-ring (bicyclic) bond motifs is 1. The molecule has 1 aliphatic carbocycles. The molecule has 0 bridgehead atoms. The van der Waals surface area contributed by atoms with Crippen molar-refractivity contribution < 1.29 is 118 Å². The van der Waals surface area contributed by atoms with Crippen LogP contribution in [0.4, 0.5) is 70.2 Å². The standard InChI is InChI=1S/C66H95F16NO10/c1-9-13-15-17-22-45(20-11-3)36-87-41-58(67,68)63(75,76)65(79,80)60(71,72)43-89-38-51(39-90-44-61(73,74)66(81,82)64(77,78)59(69,70)42-88-37-46(21-12-4)23-18-16-14-10-2)91-40-53(84)83-31-19-24-48-34-50(35-52-54(48)57(7,8)30-29-56(52,5)6)62(92-32-33-93-62)49-27-25-47(26-28-49)55(85)86/h25-28,34-35,45-46,51H,9-24,29-33,36-44H2,1-8H3,(H,83,84)(H,85,86). The highest BCUT2D eigenvalue weighted by molar-refractivity contribution is 5.87. The number of benzene rings is 2. The van der Waals surface area contributed by atoms with Gasteiger partial charge in [0.05, 0.1) is 32.0 Å². The number of rotatable bonds is 46. The summed E-state index contributed by atoms with van der Waals surface area (Å²) in [6.45, 7) is -0.416. The summed E-state index contributed by atoms with van der Waals surface area (Å²) < 4.78 is 277. The summed E-state index contributed by atoms with van der Waals surface area (Å²) in [5, 5.41) is 12.0. The lowest BCUT2D eigenvalue weighted by Gasteiger charge is -2.44. The van der Waals surface area contributed by atoms with Gasteiger partial charge in [0.25, 0.3) is 0 Å². The highest BCUT2D eigenvalue weighted by Crippen LogP contribution is 2.55. The first-order valence-corrected chi connectivity index (χ1v) is 32.2. The molecule has 1 amide bonds. The van der Waals surface area contributed by atoms with Crippen LogP contribution in [0.2, 0.25) is 0 Å². The predicted octanol–water partition coefficient (Wildman–Crippen LogP) is 17.3. The molecule has 2 N–H and O–H groups in total. The number of carboxylic acids is 1. The average Bonchev–Trinajstić information content (AvgIpc) is 1.43. The number of ether oxygens (including phenoxy) is 7. The summed E-state index contributed by atoms with van der Waals surface area (Å²) >= 11 is 0. The Labute approximate surface area is 535 Å². The molecule has 0 saturated carbocycles. The van der Waals surface area contributed by atoms with E-state index in [9.17, 15) is 32.3 Å². The molecule has 27 heteroatoms. The Morgan fingerprint density at radius 3 is 1.35 bits per heavy atom. The van der Waals surface area contributed by atoms with E-state index in [0.29, 0.717) is 62.5 Å². The molecule has 2 aromatic rings. The minimum atomic E-state index is -6.91. The van der Waals surface area contributed by atoms with E-state index in [0.717, 1.165) is 68.1 Å². The van der Waals surface area contributed by atoms with Crippen molar-refractivity contribution in [2.24, 2.45) is 11.8 Å². The number of aryl methyl sites for hydroxylation is 1. The van der Waals surface area contributed by atoms with E-state index in [1.807, 2.05) is 26.0 Å². The molecule has 0 radical (unpaired) electrons. The Morgan fingerprint density at radius 1 is 0.527 bits per heavy atom. The fraction of sp³-hybridized carbons (Fsp3) is 0.788. The van der Waals surface area contributed by atoms with Gasteiger partial charge in [-0.3, -0.25) is 4.79 Å². The van der Waals surface area contributed by atoms with Gasteiger partial charge in [0.15, 0.2) is 0 Å². The molecule has 2 atom stereocenters. The molecule has 11 nitrogen and oxygen atoms in total. The van der Waals surface area contributed by atoms with Gasteiger partial charge in [0.1, 0.15) is 39.1 Å². The molecule has 1 aliphatic heterocycles. The van der Waals surface area contributed by atoms with Crippen LogP contribution in [0.5, 0.6) is 0 Å². The number of aromatic carboxylic acids is 1. The largest absolute Gasteiger partial charge is 0.478 e. The fourth-order valence-electron chi connectivity index (χ4n) is 11.7. The number of unbranched alkanes of at least 4 members (excludes halogenated alkanes) is 6. The second-order valence-corrected chi connectivity index (χ2v) is 26.1. The Bertz CT molecular complexity index is 2520. The van der Waals surface area contributed by atoms with Crippen molar-refractivity contribution in [2.45, 2.75) is 241 Å². The molecular formula is C66H95F16NO10. The zero-order chi connectivity index (χ0) is 70.0. The van der Waals surface area contributed by atoms with E-state index in [1.54, 1.807) is 26.0 Å². The first kappa shape index (κ1) is 81.4. The van der Waals surface area contributed by atoms with Gasteiger partial charge in [-0.2, -0.15) is 70.2 Å². The van der Waals surface area contributed by atoms with Crippen LogP contribution in [0, 0.1) is 11.8 Å². The van der Waals surface area contributed by atoms with Crippen LogP contribution in [-0.4, -0.2) is 150 Å². The number of carbonyl (C=O) groups excluding carboxylic acids is 1. The van der Waals surface area contributed by atoms with Crippen molar-refractivity contribution in [1.29, 1.82) is 0 Å². The SMILES string of the molecule is CCCCCCC(CCC)COCC(F)(F)C(F)(F)C(F)(F)C(F)(F)COCC(COCC(F)(F)C(F)(F)C(F)(F)C(F)(F)COCC(CCC)CCCCCC)OCC(=O)NCCCc1cc(C2(c3ccc(C(=O)O)cc3)OCCO2)cc2c1C(C)(C)CCC2(C)C. The Hall–Kier alpha value is -4.02. The number of hydrogen-bond acceptors (Lipinski definition) is 9. The second kappa shape index (κ2) is 34.5. The molecule has 93 heavy (non-hydrogen) atoms. The molecule has 2 aliphatic rings. The number of amides is 1. The minimum Gasteiger partial charge on any atom is -0.478 e. The summed E-state index contributed by atoms with van der Waals surface area (Å²) in [4.78, 5) is 25.0. The Morgan fingerprint density at radius 2 is 0.946 bits per heavy atom. The number of halogens is 16. The third-order valence-electron chi connectivity index (χ3n) is 17.4. The Balaban J connectivity index is 1.53. The first-order valence-electron chi connectivity index (χ1n) is 32.2. The van der Waals surface area contributed by atoms with Crippen molar-refractivity contribution in [1.82, 2.24) is 5.32 Å². The molecule has 1 fully saturated rings. The van der Waals surface area contributed by atoms with Crippen LogP contribution in [0.1, 0.15) is 203 Å². The van der Waals surface area contributed by atoms with Crippen molar-refractivity contribution in [3.05, 3.63) is 69.8 Å². The molecule has 0 spiro atoms. The monoisotopic (exact) mass is 1370 g/mol. The van der Waals surface area contributed by atoms with E-state index < -0.39 is 142 Å². The number of alkyl halides is 16. The van der Waals surface area contributed by atoms with Gasteiger partial charge >= 0.3 is 53.3 Å². The van der Waals surface area contributed by atoms with Gasteiger partial charge in [0, 0.05) is 30.9 Å². The average molecular weight is 1370 g/mol. The minimum absolute atomic E-state index is 0.0200. The van der Waals surface area contributed by atoms with Crippen LogP contribution in [-0.2, 0) is 61.0 Å². The highest BCUT2D eigenvalue weighted by Gasteiger charge is 2.81. The van der Waals surface area contributed by atoms with E-state index in [4.69, 9.17) is 23.7 Å². The third-order valence-corrected chi connectivity index (χ3v) is 17.4. The van der Waals surface area contributed by atoms with Gasteiger partial charge in [-0.1, -0.05) is 132 Å². The molecular weight excluding hydrogens is 1270 g/mol. The third kappa shape index (κ3) is 20.5. The zero-order valence-electron chi connectivity index (χ0n) is 54.6. The van der Waals surface area contributed by atoms with E-state index in [2.05, 4.69) is 42.5 Å². The van der Waals surface area contributed by atoms with Crippen LogP contribution in [0.25, 0.3) is 0 Å². The van der Waals surface area contributed by atoms with Crippen molar-refractivity contribution in [2.75, 3.05) is 79.2 Å². The van der Waals surface area contributed by atoms with E-state index in [-0.39, 0.29) is 49.0 Å². The summed E-state index contributed by atoms with van der Waals surface area (Å²) in [6, 6.07) is 9.86. The summed E-state index contributed by atoms with van der Waals surface area (Å²) in [6.07, 6.45) is 8.46. The lowest BCUT2D eigenvalue weighted by Crippen LogP contribution is -2.64. The molecule has 1 saturated heterocycles. The molecule has 1 heterocycles. The molecule has 2 unspecified atom stereocenters. The zero-order valence-corrected chi connectivity index (χ0v) is 54.6. The maximum Gasteiger partial charge on any atom is 0.380 e. The molecule has 0 aromatic heterocycles. The van der Waals surface area contributed by atoms with Crippen LogP contribution < -0.4 is 5.32 Å². The first-order chi connectivity index (χ1) is 43.2. The lowest BCUT2D eigenvalue weighted by atomic mass is 9.61. The van der Waals surface area contributed by atoms with Gasteiger partial charge in [-0.25, -0.2) is 4.79 Å². The van der Waals surface area contributed by atoms with Crippen LogP contribution in [0.15, 0.2) is 36.4 Å². The molecule has 536 valence electrons. The summed E-state index contributed by atoms with van der Waals surface area (Å²) in [5.41, 5.74) is 3.12. The van der Waals surface area contributed by atoms with Gasteiger partial charge in [0.2, 0.25) is 11.7 Å². The van der Waals surface area contributed by atoms with Crippen molar-refractivity contribution >= 4 is 11.9 Å². The maximum atomic E-state index is 15.2. The second-order valence-electron chi connectivity index (χ2n) is 26.1. The van der Waals surface area contributed by atoms with E-state index in [1.165, 1.54) is 12.1 Å². The molecule has 4 rings (SSSR count). The van der Waals surface area contributed by atoms with Gasteiger partial charge in [-0.15, -0.1) is 0 Å². The highest BCUT2D eigenvalue weighted by atomic mass is 19.4. The van der Waals surface area contributed by atoms with Crippen LogP contribution in [0.3, 0.4) is 0 Å². The normalized spacial score (nSPS) is 17.5. The van der Waals surface area contributed by atoms with Crippen LogP contribution >= 0.6 is 0 Å². The fourth-order valence-corrected chi connectivity index (χ4v) is 11.7. The quantitative estimate of drug-likeness (QED) is 0.0488. The number of carboxylic acid groups (broad SMARTS) is 1. The number of carbonyl (C=O) groups is 2. The van der Waals surface area contributed by atoms with E-state index >= 15 is 52.7 Å². The Kier molecular flexibility index (Phi) is 30.2. The van der Waals surface area contributed by atoms with Gasteiger partial charge in [-0.05, 0) is 115 Å². The summed E-state index contributed by atoms with van der Waals surface area (Å²) in [7, 11) is 0. The lowest BCUT2D eigenvalue weighted by molar-refractivity contribution is -0.378. The van der Waals surface area contributed by atoms with Crippen molar-refractivity contribution in [3.8, 4) is 0 Å². The van der Waals surface area contributed by atoms with Gasteiger partial charge < -0.3 is 43.6 Å². The smallest absolute Gasteiger partial charge is 0.380 e. The van der Waals surface area contributed by atoms with Crippen molar-refractivity contribution in [3.63, 3.8) is 0 Å².